The molecule has 5 nitrogen and oxygen atoms in total. The smallest absolute Gasteiger partial charge is 0.296 e. The first-order valence-corrected chi connectivity index (χ1v) is 8.97. The fraction of sp³-hybridized carbons (Fsp3) is 0.200. The third-order valence-electron chi connectivity index (χ3n) is 4.69. The van der Waals surface area contributed by atoms with Crippen molar-refractivity contribution in [2.75, 3.05) is 23.3 Å². The molecule has 0 spiro atoms. The first kappa shape index (κ1) is 16.7. The zero-order valence-electron chi connectivity index (χ0n) is 14.1. The largest absolute Gasteiger partial charge is 0.372 e. The van der Waals surface area contributed by atoms with Crippen LogP contribution in [0.15, 0.2) is 48.7 Å². The molecule has 26 heavy (non-hydrogen) atoms. The van der Waals surface area contributed by atoms with Gasteiger partial charge < -0.3 is 15.2 Å². The van der Waals surface area contributed by atoms with E-state index in [1.807, 2.05) is 24.3 Å². The van der Waals surface area contributed by atoms with Crippen LogP contribution in [0.4, 0.5) is 11.4 Å². The molecule has 1 saturated heterocycles. The third-order valence-corrected chi connectivity index (χ3v) is 4.93. The molecule has 0 atom stereocenters. The van der Waals surface area contributed by atoms with Gasteiger partial charge in [0.25, 0.3) is 11.7 Å². The van der Waals surface area contributed by atoms with Crippen molar-refractivity contribution in [1.29, 1.82) is 0 Å². The monoisotopic (exact) mass is 367 g/mol. The highest BCUT2D eigenvalue weighted by atomic mass is 35.5. The normalized spacial score (nSPS) is 14.0. The molecule has 1 aliphatic heterocycles. The Morgan fingerprint density at radius 2 is 1.77 bits per heavy atom. The summed E-state index contributed by atoms with van der Waals surface area (Å²) >= 11 is 6.00. The number of halogens is 1. The molecule has 6 heteroatoms. The van der Waals surface area contributed by atoms with E-state index in [4.69, 9.17) is 11.6 Å². The number of rotatable bonds is 4. The summed E-state index contributed by atoms with van der Waals surface area (Å²) < 4.78 is 0. The summed E-state index contributed by atoms with van der Waals surface area (Å²) in [6.45, 7) is 2.13. The van der Waals surface area contributed by atoms with Crippen LogP contribution in [0.25, 0.3) is 10.9 Å². The van der Waals surface area contributed by atoms with Crippen LogP contribution in [0.1, 0.15) is 23.2 Å². The van der Waals surface area contributed by atoms with Crippen LogP contribution in [0, 0.1) is 0 Å². The minimum absolute atomic E-state index is 0.314. The summed E-state index contributed by atoms with van der Waals surface area (Å²) in [5.74, 6) is -1.26. The molecule has 0 unspecified atom stereocenters. The van der Waals surface area contributed by atoms with Gasteiger partial charge in [0.1, 0.15) is 0 Å². The summed E-state index contributed by atoms with van der Waals surface area (Å²) in [5.41, 5.74) is 2.82. The standard InChI is InChI=1S/C20H18ClN3O2/c21-13-3-8-18-16(11-13)17(12-22-18)19(25)20(26)23-14-4-6-15(7-5-14)24-9-1-2-10-24/h3-8,11-12,22H,1-2,9-10H2,(H,23,26). The lowest BCUT2D eigenvalue weighted by Gasteiger charge is -2.17. The fourth-order valence-corrected chi connectivity index (χ4v) is 3.49. The van der Waals surface area contributed by atoms with Gasteiger partial charge in [-0.2, -0.15) is 0 Å². The van der Waals surface area contributed by atoms with Crippen molar-refractivity contribution < 1.29 is 9.59 Å². The Hall–Kier alpha value is -2.79. The summed E-state index contributed by atoms with van der Waals surface area (Å²) in [4.78, 5) is 30.2. The molecule has 2 N–H and O–H groups in total. The minimum atomic E-state index is -0.667. The third kappa shape index (κ3) is 3.18. The average molecular weight is 368 g/mol. The molecule has 0 aliphatic carbocycles. The number of Topliss-reactive ketones (excluding diaryl/α,β-unsaturated/α-hetero) is 1. The Kier molecular flexibility index (Phi) is 4.39. The van der Waals surface area contributed by atoms with Gasteiger partial charge in [0.05, 0.1) is 5.56 Å². The van der Waals surface area contributed by atoms with Crippen molar-refractivity contribution in [2.45, 2.75) is 12.8 Å². The second-order valence-corrected chi connectivity index (χ2v) is 6.85. The molecule has 0 bridgehead atoms. The number of nitrogens with zero attached hydrogens (tertiary/aromatic N) is 1. The van der Waals surface area contributed by atoms with Crippen molar-refractivity contribution in [1.82, 2.24) is 4.98 Å². The van der Waals surface area contributed by atoms with E-state index in [-0.39, 0.29) is 0 Å². The molecule has 0 radical (unpaired) electrons. The van der Waals surface area contributed by atoms with Gasteiger partial charge in [-0.1, -0.05) is 11.6 Å². The minimum Gasteiger partial charge on any atom is -0.372 e. The van der Waals surface area contributed by atoms with Crippen molar-refractivity contribution in [3.05, 3.63) is 59.2 Å². The molecule has 1 fully saturated rings. The number of amides is 1. The highest BCUT2D eigenvalue weighted by Crippen LogP contribution is 2.24. The van der Waals surface area contributed by atoms with Crippen molar-refractivity contribution >= 4 is 45.6 Å². The van der Waals surface area contributed by atoms with Gasteiger partial charge in [-0.05, 0) is 55.3 Å². The number of hydrogen-bond donors (Lipinski definition) is 2. The van der Waals surface area contributed by atoms with Crippen LogP contribution >= 0.6 is 11.6 Å². The first-order chi connectivity index (χ1) is 12.6. The number of ketones is 1. The van der Waals surface area contributed by atoms with Gasteiger partial charge in [0.2, 0.25) is 0 Å². The van der Waals surface area contributed by atoms with E-state index in [9.17, 15) is 9.59 Å². The van der Waals surface area contributed by atoms with E-state index in [0.29, 0.717) is 21.7 Å². The topological polar surface area (TPSA) is 65.2 Å². The Morgan fingerprint density at radius 3 is 2.50 bits per heavy atom. The highest BCUT2D eigenvalue weighted by Gasteiger charge is 2.20. The zero-order valence-corrected chi connectivity index (χ0v) is 14.8. The second-order valence-electron chi connectivity index (χ2n) is 6.42. The molecule has 1 aromatic heterocycles. The van der Waals surface area contributed by atoms with Gasteiger partial charge in [0.15, 0.2) is 0 Å². The van der Waals surface area contributed by atoms with Gasteiger partial charge in [0, 0.05) is 46.6 Å². The van der Waals surface area contributed by atoms with Crippen molar-refractivity contribution in [3.63, 3.8) is 0 Å². The summed E-state index contributed by atoms with van der Waals surface area (Å²) in [6, 6.07) is 12.8. The molecule has 2 heterocycles. The number of nitrogens with one attached hydrogen (secondary N) is 2. The number of aromatic nitrogens is 1. The van der Waals surface area contributed by atoms with Crippen LogP contribution in [0.3, 0.4) is 0 Å². The SMILES string of the molecule is O=C(Nc1ccc(N2CCCC2)cc1)C(=O)c1c[nH]c2ccc(Cl)cc12. The van der Waals surface area contributed by atoms with E-state index in [1.54, 1.807) is 24.4 Å². The zero-order chi connectivity index (χ0) is 18.1. The van der Waals surface area contributed by atoms with E-state index >= 15 is 0 Å². The van der Waals surface area contributed by atoms with Crippen LogP contribution < -0.4 is 10.2 Å². The lowest BCUT2D eigenvalue weighted by atomic mass is 10.1. The number of aromatic amines is 1. The molecule has 0 saturated carbocycles. The number of benzene rings is 2. The molecule has 3 aromatic rings. The molecule has 1 aliphatic rings. The predicted molar refractivity (Wildman–Crippen MR) is 104 cm³/mol. The number of H-pyrrole nitrogens is 1. The fourth-order valence-electron chi connectivity index (χ4n) is 3.32. The maximum absolute atomic E-state index is 12.5. The molecular formula is C20H18ClN3O2. The van der Waals surface area contributed by atoms with Crippen LogP contribution in [0.5, 0.6) is 0 Å². The predicted octanol–water partition coefficient (Wildman–Crippen LogP) is 4.24. The van der Waals surface area contributed by atoms with Crippen molar-refractivity contribution in [3.8, 4) is 0 Å². The number of carbonyl (C=O) groups excluding carboxylic acids is 2. The van der Waals surface area contributed by atoms with Gasteiger partial charge in [-0.3, -0.25) is 9.59 Å². The van der Waals surface area contributed by atoms with E-state index in [2.05, 4.69) is 15.2 Å². The van der Waals surface area contributed by atoms with E-state index in [0.717, 1.165) is 24.3 Å². The molecule has 4 rings (SSSR count). The van der Waals surface area contributed by atoms with Gasteiger partial charge in [-0.25, -0.2) is 0 Å². The molecular weight excluding hydrogens is 350 g/mol. The number of anilines is 2. The lowest BCUT2D eigenvalue weighted by Crippen LogP contribution is -2.23. The Morgan fingerprint density at radius 1 is 1.04 bits per heavy atom. The summed E-state index contributed by atoms with van der Waals surface area (Å²) in [6.07, 6.45) is 3.96. The molecule has 1 amide bonds. The maximum atomic E-state index is 12.5. The van der Waals surface area contributed by atoms with Crippen LogP contribution in [0.2, 0.25) is 5.02 Å². The first-order valence-electron chi connectivity index (χ1n) is 8.59. The van der Waals surface area contributed by atoms with Crippen molar-refractivity contribution in [2.24, 2.45) is 0 Å². The Bertz CT molecular complexity index is 972. The number of carbonyl (C=O) groups is 2. The van der Waals surface area contributed by atoms with E-state index in [1.165, 1.54) is 12.8 Å². The average Bonchev–Trinajstić information content (AvgIpc) is 3.31. The van der Waals surface area contributed by atoms with Gasteiger partial charge in [-0.15, -0.1) is 0 Å². The number of fused-ring (bicyclic) bond motifs is 1. The maximum Gasteiger partial charge on any atom is 0.296 e. The second kappa shape index (κ2) is 6.84. The summed E-state index contributed by atoms with van der Waals surface area (Å²) in [7, 11) is 0. The highest BCUT2D eigenvalue weighted by molar-refractivity contribution is 6.48. The van der Waals surface area contributed by atoms with Gasteiger partial charge >= 0.3 is 0 Å². The molecule has 132 valence electrons. The van der Waals surface area contributed by atoms with Crippen LogP contribution in [-0.4, -0.2) is 29.8 Å². The number of hydrogen-bond acceptors (Lipinski definition) is 3. The summed E-state index contributed by atoms with van der Waals surface area (Å²) in [5, 5.41) is 3.83. The van der Waals surface area contributed by atoms with E-state index < -0.39 is 11.7 Å². The lowest BCUT2D eigenvalue weighted by molar-refractivity contribution is -0.112. The Balaban J connectivity index is 1.50. The van der Waals surface area contributed by atoms with Crippen LogP contribution in [-0.2, 0) is 4.79 Å². The molecule has 2 aromatic carbocycles. The Labute approximate surface area is 155 Å². The quantitative estimate of drug-likeness (QED) is 0.535.